The topological polar surface area (TPSA) is 58.3 Å². The number of hydrogen-bond acceptors (Lipinski definition) is 3. The minimum absolute atomic E-state index is 0.00537. The lowest BCUT2D eigenvalue weighted by Crippen LogP contribution is -2.26. The van der Waals surface area contributed by atoms with Crippen molar-refractivity contribution in [2.45, 2.75) is 12.5 Å². The molecule has 18 heavy (non-hydrogen) atoms. The molecule has 0 spiro atoms. The molecule has 0 heterocycles. The number of hydrogen-bond donors (Lipinski definition) is 3. The number of nitrogens with one attached hydrogen (secondary N) is 1. The maximum Gasteiger partial charge on any atom is 0.0636 e. The number of rotatable bonds is 5. The van der Waals surface area contributed by atoms with Crippen LogP contribution in [0, 0.1) is 0 Å². The first kappa shape index (κ1) is 12.5. The average Bonchev–Trinajstić information content (AvgIpc) is 2.39. The van der Waals surface area contributed by atoms with Gasteiger partial charge < -0.3 is 16.2 Å². The largest absolute Gasteiger partial charge is 0.399 e. The molecule has 0 aliphatic rings. The molecule has 2 aromatic carbocycles. The van der Waals surface area contributed by atoms with E-state index in [1.54, 1.807) is 0 Å². The van der Waals surface area contributed by atoms with Crippen LogP contribution in [0.2, 0.25) is 0 Å². The molecular weight excluding hydrogens is 224 g/mol. The number of benzene rings is 2. The Hall–Kier alpha value is -2.00. The van der Waals surface area contributed by atoms with Crippen LogP contribution < -0.4 is 11.1 Å². The van der Waals surface area contributed by atoms with Gasteiger partial charge in [0.25, 0.3) is 0 Å². The van der Waals surface area contributed by atoms with E-state index in [1.165, 1.54) is 5.56 Å². The number of nitrogens with two attached hydrogens (primary N) is 1. The predicted octanol–water partition coefficient (Wildman–Crippen LogP) is 2.28. The van der Waals surface area contributed by atoms with Crippen LogP contribution in [0.5, 0.6) is 0 Å². The molecule has 2 aromatic rings. The number of aliphatic hydroxyl groups excluding tert-OH is 1. The van der Waals surface area contributed by atoms with Gasteiger partial charge in [0.05, 0.1) is 12.6 Å². The maximum absolute atomic E-state index is 9.42. The fourth-order valence-corrected chi connectivity index (χ4v) is 1.92. The number of nitrogen functional groups attached to an aromatic ring is 1. The number of anilines is 2. The molecular formula is C15H18N2O. The highest BCUT2D eigenvalue weighted by molar-refractivity contribution is 5.54. The van der Waals surface area contributed by atoms with E-state index in [-0.39, 0.29) is 12.6 Å². The van der Waals surface area contributed by atoms with E-state index in [0.29, 0.717) is 0 Å². The van der Waals surface area contributed by atoms with E-state index in [1.807, 2.05) is 42.5 Å². The van der Waals surface area contributed by atoms with Gasteiger partial charge in [-0.2, -0.15) is 0 Å². The normalized spacial score (nSPS) is 12.1. The van der Waals surface area contributed by atoms with E-state index >= 15 is 0 Å². The van der Waals surface area contributed by atoms with Crippen molar-refractivity contribution in [3.8, 4) is 0 Å². The lowest BCUT2D eigenvalue weighted by atomic mass is 10.1. The van der Waals surface area contributed by atoms with Gasteiger partial charge in [0.2, 0.25) is 0 Å². The first-order chi connectivity index (χ1) is 8.78. The van der Waals surface area contributed by atoms with Crippen molar-refractivity contribution in [1.29, 1.82) is 0 Å². The summed E-state index contributed by atoms with van der Waals surface area (Å²) in [6.45, 7) is 0.0870. The summed E-state index contributed by atoms with van der Waals surface area (Å²) in [6.07, 6.45) is 0.784. The Morgan fingerprint density at radius 2 is 1.83 bits per heavy atom. The van der Waals surface area contributed by atoms with Crippen molar-refractivity contribution in [3.05, 3.63) is 60.2 Å². The van der Waals surface area contributed by atoms with E-state index in [9.17, 15) is 5.11 Å². The summed E-state index contributed by atoms with van der Waals surface area (Å²) in [4.78, 5) is 0. The molecule has 0 amide bonds. The van der Waals surface area contributed by atoms with Crippen molar-refractivity contribution in [2.24, 2.45) is 0 Å². The Labute approximate surface area is 107 Å². The van der Waals surface area contributed by atoms with Crippen LogP contribution in [0.1, 0.15) is 5.56 Å². The first-order valence-electron chi connectivity index (χ1n) is 6.05. The first-order valence-corrected chi connectivity index (χ1v) is 6.05. The van der Waals surface area contributed by atoms with Gasteiger partial charge >= 0.3 is 0 Å². The molecule has 0 fully saturated rings. The highest BCUT2D eigenvalue weighted by Gasteiger charge is 2.08. The van der Waals surface area contributed by atoms with Crippen molar-refractivity contribution >= 4 is 11.4 Å². The molecule has 3 heteroatoms. The molecule has 0 saturated carbocycles. The standard InChI is InChI=1S/C15H18N2O/c16-13-7-4-8-14(10-13)17-15(11-18)9-12-5-2-1-3-6-12/h1-8,10,15,17-18H,9,11,16H2. The molecule has 1 atom stereocenters. The van der Waals surface area contributed by atoms with E-state index < -0.39 is 0 Å². The molecule has 1 unspecified atom stereocenters. The summed E-state index contributed by atoms with van der Waals surface area (Å²) in [7, 11) is 0. The summed E-state index contributed by atoms with van der Waals surface area (Å²) in [6, 6.07) is 17.7. The highest BCUT2D eigenvalue weighted by atomic mass is 16.3. The minimum Gasteiger partial charge on any atom is -0.399 e. The van der Waals surface area contributed by atoms with Crippen molar-refractivity contribution in [3.63, 3.8) is 0 Å². The molecule has 3 nitrogen and oxygen atoms in total. The zero-order valence-corrected chi connectivity index (χ0v) is 10.2. The van der Waals surface area contributed by atoms with Gasteiger partial charge in [-0.1, -0.05) is 36.4 Å². The van der Waals surface area contributed by atoms with Gasteiger partial charge in [0.15, 0.2) is 0 Å². The number of aliphatic hydroxyl groups is 1. The van der Waals surface area contributed by atoms with Crippen LogP contribution in [0.4, 0.5) is 11.4 Å². The maximum atomic E-state index is 9.42. The molecule has 4 N–H and O–H groups in total. The van der Waals surface area contributed by atoms with Crippen molar-refractivity contribution in [2.75, 3.05) is 17.7 Å². The lowest BCUT2D eigenvalue weighted by Gasteiger charge is -2.18. The Morgan fingerprint density at radius 3 is 2.50 bits per heavy atom. The van der Waals surface area contributed by atoms with Gasteiger partial charge in [-0.3, -0.25) is 0 Å². The van der Waals surface area contributed by atoms with E-state index in [4.69, 9.17) is 5.73 Å². The van der Waals surface area contributed by atoms with Crippen molar-refractivity contribution in [1.82, 2.24) is 0 Å². The van der Waals surface area contributed by atoms with Gasteiger partial charge in [0.1, 0.15) is 0 Å². The highest BCUT2D eigenvalue weighted by Crippen LogP contribution is 2.14. The summed E-state index contributed by atoms with van der Waals surface area (Å²) < 4.78 is 0. The van der Waals surface area contributed by atoms with Crippen LogP contribution in [-0.4, -0.2) is 17.8 Å². The van der Waals surface area contributed by atoms with Gasteiger partial charge in [0, 0.05) is 11.4 Å². The third-order valence-electron chi connectivity index (χ3n) is 2.80. The Kier molecular flexibility index (Phi) is 4.20. The van der Waals surface area contributed by atoms with Gasteiger partial charge in [-0.15, -0.1) is 0 Å². The SMILES string of the molecule is Nc1cccc(NC(CO)Cc2ccccc2)c1. The van der Waals surface area contributed by atoms with Crippen LogP contribution in [-0.2, 0) is 6.42 Å². The monoisotopic (exact) mass is 242 g/mol. The van der Waals surface area contributed by atoms with Crippen LogP contribution in [0.3, 0.4) is 0 Å². The fourth-order valence-electron chi connectivity index (χ4n) is 1.92. The molecule has 0 aliphatic heterocycles. The molecule has 0 saturated heterocycles. The summed E-state index contributed by atoms with van der Waals surface area (Å²) in [5, 5.41) is 12.7. The minimum atomic E-state index is -0.00537. The second kappa shape index (κ2) is 6.07. The Balaban J connectivity index is 2.01. The summed E-state index contributed by atoms with van der Waals surface area (Å²) in [5.74, 6) is 0. The average molecular weight is 242 g/mol. The molecule has 94 valence electrons. The van der Waals surface area contributed by atoms with Gasteiger partial charge in [-0.05, 0) is 30.2 Å². The third-order valence-corrected chi connectivity index (χ3v) is 2.80. The fraction of sp³-hybridized carbons (Fsp3) is 0.200. The van der Waals surface area contributed by atoms with Gasteiger partial charge in [-0.25, -0.2) is 0 Å². The zero-order chi connectivity index (χ0) is 12.8. The second-order valence-corrected chi connectivity index (χ2v) is 4.34. The Morgan fingerprint density at radius 1 is 1.06 bits per heavy atom. The van der Waals surface area contributed by atoms with E-state index in [0.717, 1.165) is 17.8 Å². The summed E-state index contributed by atoms with van der Waals surface area (Å²) in [5.41, 5.74) is 8.58. The molecule has 0 aromatic heterocycles. The van der Waals surface area contributed by atoms with Crippen molar-refractivity contribution < 1.29 is 5.11 Å². The third kappa shape index (κ3) is 3.50. The van der Waals surface area contributed by atoms with E-state index in [2.05, 4.69) is 17.4 Å². The quantitative estimate of drug-likeness (QED) is 0.705. The zero-order valence-electron chi connectivity index (χ0n) is 10.2. The second-order valence-electron chi connectivity index (χ2n) is 4.34. The lowest BCUT2D eigenvalue weighted by molar-refractivity contribution is 0.273. The summed E-state index contributed by atoms with van der Waals surface area (Å²) >= 11 is 0. The van der Waals surface area contributed by atoms with Crippen LogP contribution in [0.25, 0.3) is 0 Å². The van der Waals surface area contributed by atoms with Crippen LogP contribution in [0.15, 0.2) is 54.6 Å². The molecule has 2 rings (SSSR count). The molecule has 0 bridgehead atoms. The van der Waals surface area contributed by atoms with Crippen LogP contribution >= 0.6 is 0 Å². The smallest absolute Gasteiger partial charge is 0.0636 e. The molecule has 0 radical (unpaired) electrons. The molecule has 0 aliphatic carbocycles. The predicted molar refractivity (Wildman–Crippen MR) is 75.5 cm³/mol. The Bertz CT molecular complexity index is 485.